The lowest BCUT2D eigenvalue weighted by molar-refractivity contribution is 0.0600. The van der Waals surface area contributed by atoms with Crippen molar-refractivity contribution in [3.8, 4) is 11.3 Å². The number of hydrogen-bond acceptors (Lipinski definition) is 7. The van der Waals surface area contributed by atoms with E-state index in [4.69, 9.17) is 4.74 Å². The van der Waals surface area contributed by atoms with Crippen LogP contribution in [0.25, 0.3) is 27.9 Å². The van der Waals surface area contributed by atoms with Crippen LogP contribution in [0.4, 0.5) is 0 Å². The van der Waals surface area contributed by atoms with Gasteiger partial charge in [-0.05, 0) is 34.9 Å². The molecule has 0 saturated carbocycles. The van der Waals surface area contributed by atoms with Crippen LogP contribution in [0.3, 0.4) is 0 Å². The number of nitrogens with zero attached hydrogens (tertiary/aromatic N) is 5. The smallest absolute Gasteiger partial charge is 0.337 e. The molecule has 2 N–H and O–H groups in total. The molecular formula is C22H21N7O2. The number of aromatic nitrogens is 5. The number of carbonyl (C=O) groups excluding carboxylic acids is 1. The van der Waals surface area contributed by atoms with E-state index in [-0.39, 0.29) is 5.97 Å². The van der Waals surface area contributed by atoms with E-state index in [9.17, 15) is 4.79 Å². The molecule has 0 atom stereocenters. The van der Waals surface area contributed by atoms with Gasteiger partial charge in [0.2, 0.25) is 0 Å². The van der Waals surface area contributed by atoms with Gasteiger partial charge >= 0.3 is 5.97 Å². The van der Waals surface area contributed by atoms with Crippen LogP contribution in [-0.2, 0) is 11.3 Å². The molecule has 0 amide bonds. The van der Waals surface area contributed by atoms with Crippen molar-refractivity contribution < 1.29 is 9.53 Å². The number of hydrazine groups is 1. The molecule has 3 aromatic heterocycles. The largest absolute Gasteiger partial charge is 0.465 e. The Bertz CT molecular complexity index is 1300. The van der Waals surface area contributed by atoms with Crippen molar-refractivity contribution in [3.63, 3.8) is 0 Å². The second kappa shape index (κ2) is 7.69. The quantitative estimate of drug-likeness (QED) is 0.483. The van der Waals surface area contributed by atoms with Crippen molar-refractivity contribution in [2.75, 3.05) is 20.7 Å². The maximum absolute atomic E-state index is 11.8. The number of benzene rings is 1. The van der Waals surface area contributed by atoms with Crippen molar-refractivity contribution in [2.24, 2.45) is 0 Å². The van der Waals surface area contributed by atoms with Crippen LogP contribution in [0.2, 0.25) is 0 Å². The maximum atomic E-state index is 11.8. The number of pyridine rings is 1. The molecule has 31 heavy (non-hydrogen) atoms. The Kier molecular flexibility index (Phi) is 4.72. The van der Waals surface area contributed by atoms with Gasteiger partial charge in [0.1, 0.15) is 11.3 Å². The summed E-state index contributed by atoms with van der Waals surface area (Å²) in [5.74, 6) is -0.359. The Balaban J connectivity index is 1.43. The minimum atomic E-state index is -0.359. The third-order valence-electron chi connectivity index (χ3n) is 5.28. The molecule has 0 aliphatic carbocycles. The summed E-state index contributed by atoms with van der Waals surface area (Å²) >= 11 is 0. The Hall–Kier alpha value is -3.98. The fourth-order valence-corrected chi connectivity index (χ4v) is 3.70. The van der Waals surface area contributed by atoms with Gasteiger partial charge in [-0.2, -0.15) is 0 Å². The topological polar surface area (TPSA) is 101 Å². The van der Waals surface area contributed by atoms with E-state index in [1.807, 2.05) is 42.8 Å². The number of nitrogens with one attached hydrogen (secondary N) is 2. The fraction of sp³-hybridized carbons (Fsp3) is 0.182. The van der Waals surface area contributed by atoms with Gasteiger partial charge in [0.05, 0.1) is 25.4 Å². The number of carbonyl (C=O) groups is 1. The summed E-state index contributed by atoms with van der Waals surface area (Å²) < 4.78 is 6.54. The molecule has 0 bridgehead atoms. The third-order valence-corrected chi connectivity index (χ3v) is 5.28. The maximum Gasteiger partial charge on any atom is 0.337 e. The number of esters is 1. The van der Waals surface area contributed by atoms with Gasteiger partial charge in [-0.3, -0.25) is 0 Å². The van der Waals surface area contributed by atoms with Gasteiger partial charge in [-0.1, -0.05) is 17.3 Å². The molecule has 0 fully saturated rings. The zero-order valence-corrected chi connectivity index (χ0v) is 17.2. The van der Waals surface area contributed by atoms with Crippen LogP contribution < -0.4 is 5.43 Å². The number of aromatic amines is 1. The predicted molar refractivity (Wildman–Crippen MR) is 116 cm³/mol. The van der Waals surface area contributed by atoms with Gasteiger partial charge in [0, 0.05) is 43.1 Å². The second-order valence-electron chi connectivity index (χ2n) is 7.42. The van der Waals surface area contributed by atoms with Crippen molar-refractivity contribution in [1.29, 1.82) is 0 Å². The Morgan fingerprint density at radius 2 is 2.19 bits per heavy atom. The molecule has 0 saturated heterocycles. The molecular weight excluding hydrogens is 394 g/mol. The van der Waals surface area contributed by atoms with Gasteiger partial charge in [-0.25, -0.2) is 19.9 Å². The molecule has 156 valence electrons. The molecule has 1 aliphatic rings. The molecule has 1 aromatic carbocycles. The lowest BCUT2D eigenvalue weighted by Gasteiger charge is -2.04. The van der Waals surface area contributed by atoms with E-state index in [0.717, 1.165) is 40.0 Å². The molecule has 9 heteroatoms. The van der Waals surface area contributed by atoms with E-state index < -0.39 is 0 Å². The van der Waals surface area contributed by atoms with Crippen LogP contribution in [0, 0.1) is 0 Å². The third kappa shape index (κ3) is 3.66. The van der Waals surface area contributed by atoms with Crippen molar-refractivity contribution >= 4 is 22.6 Å². The average molecular weight is 415 g/mol. The summed E-state index contributed by atoms with van der Waals surface area (Å²) in [5, 5.41) is 11.6. The van der Waals surface area contributed by atoms with E-state index in [1.165, 1.54) is 12.7 Å². The first-order valence-electron chi connectivity index (χ1n) is 9.83. The summed E-state index contributed by atoms with van der Waals surface area (Å²) in [4.78, 5) is 19.5. The number of methoxy groups -OCH3 is 1. The Labute approximate surface area is 178 Å². The monoisotopic (exact) mass is 415 g/mol. The lowest BCUT2D eigenvalue weighted by atomic mass is 10.1. The molecule has 0 unspecified atom stereocenters. The van der Waals surface area contributed by atoms with Crippen molar-refractivity contribution in [1.82, 2.24) is 35.4 Å². The van der Waals surface area contributed by atoms with Crippen LogP contribution in [0.5, 0.6) is 0 Å². The fourth-order valence-electron chi connectivity index (χ4n) is 3.70. The summed E-state index contributed by atoms with van der Waals surface area (Å²) in [6.07, 6.45) is 7.74. The zero-order valence-electron chi connectivity index (χ0n) is 17.2. The van der Waals surface area contributed by atoms with Gasteiger partial charge < -0.3 is 14.7 Å². The summed E-state index contributed by atoms with van der Waals surface area (Å²) in [6, 6.07) is 9.42. The normalized spacial score (nSPS) is 13.6. The van der Waals surface area contributed by atoms with E-state index >= 15 is 0 Å². The lowest BCUT2D eigenvalue weighted by Crippen LogP contribution is -2.23. The Morgan fingerprint density at radius 3 is 3.00 bits per heavy atom. The van der Waals surface area contributed by atoms with Crippen LogP contribution in [-0.4, -0.2) is 56.6 Å². The van der Waals surface area contributed by atoms with Crippen LogP contribution in [0.1, 0.15) is 21.5 Å². The first-order chi connectivity index (χ1) is 15.1. The van der Waals surface area contributed by atoms with Gasteiger partial charge in [0.25, 0.3) is 0 Å². The van der Waals surface area contributed by atoms with Gasteiger partial charge in [0.15, 0.2) is 0 Å². The summed E-state index contributed by atoms with van der Waals surface area (Å²) in [6.45, 7) is 1.26. The highest BCUT2D eigenvalue weighted by molar-refractivity contribution is 5.94. The minimum absolute atomic E-state index is 0.359. The standard InChI is InChI=1S/C22H21N7O2/c1-28-12-17(9-25-28)16-7-18-19(10-24-21(18)23-8-16)20-13-29(27-26-20)11-14-4-3-5-15(6-14)22(30)31-2/h3-8,10,12-13,25H,9,11H2,1-2H3,(H,23,24). The first-order valence-corrected chi connectivity index (χ1v) is 9.83. The molecule has 4 aromatic rings. The second-order valence-corrected chi connectivity index (χ2v) is 7.42. The van der Waals surface area contributed by atoms with Crippen LogP contribution in [0.15, 0.2) is 55.1 Å². The number of fused-ring (bicyclic) bond motifs is 1. The van der Waals surface area contributed by atoms with Gasteiger partial charge in [-0.15, -0.1) is 5.10 Å². The number of hydrogen-bond donors (Lipinski definition) is 2. The molecule has 4 heterocycles. The van der Waals surface area contributed by atoms with E-state index in [0.29, 0.717) is 12.1 Å². The minimum Gasteiger partial charge on any atom is -0.465 e. The Morgan fingerprint density at radius 1 is 1.29 bits per heavy atom. The number of rotatable bonds is 5. The SMILES string of the molecule is COC(=O)c1cccc(Cn2cc(-c3c[nH]c4ncc(C5=CN(C)NC5)cc34)nn2)c1. The highest BCUT2D eigenvalue weighted by atomic mass is 16.5. The number of H-pyrrole nitrogens is 1. The van der Waals surface area contributed by atoms with E-state index in [2.05, 4.69) is 38.0 Å². The summed E-state index contributed by atoms with van der Waals surface area (Å²) in [7, 11) is 3.35. The molecule has 0 radical (unpaired) electrons. The molecule has 9 nitrogen and oxygen atoms in total. The van der Waals surface area contributed by atoms with E-state index in [1.54, 1.807) is 16.8 Å². The van der Waals surface area contributed by atoms with Crippen LogP contribution >= 0.6 is 0 Å². The highest BCUT2D eigenvalue weighted by Gasteiger charge is 2.15. The number of ether oxygens (including phenoxy) is 1. The first kappa shape index (κ1) is 19.0. The zero-order chi connectivity index (χ0) is 21.4. The predicted octanol–water partition coefficient (Wildman–Crippen LogP) is 2.45. The molecule has 5 rings (SSSR count). The highest BCUT2D eigenvalue weighted by Crippen LogP contribution is 2.29. The molecule has 0 spiro atoms. The van der Waals surface area contributed by atoms with Crippen molar-refractivity contribution in [2.45, 2.75) is 6.54 Å². The molecule has 1 aliphatic heterocycles. The van der Waals surface area contributed by atoms with Crippen molar-refractivity contribution in [3.05, 3.63) is 71.8 Å². The summed E-state index contributed by atoms with van der Waals surface area (Å²) in [5.41, 5.74) is 9.44. The average Bonchev–Trinajstić information content (AvgIpc) is 3.52.